The van der Waals surface area contributed by atoms with E-state index in [4.69, 9.17) is 0 Å². The van der Waals surface area contributed by atoms with Gasteiger partial charge in [0.05, 0.1) is 17.6 Å². The molecule has 2 aromatic rings. The van der Waals surface area contributed by atoms with Gasteiger partial charge in [-0.3, -0.25) is 0 Å². The molecule has 0 aliphatic rings. The highest BCUT2D eigenvalue weighted by Gasteiger charge is 2.22. The number of ether oxygens (including phenoxy) is 1. The van der Waals surface area contributed by atoms with E-state index in [9.17, 15) is 13.2 Å². The molecule has 0 unspecified atom stereocenters. The molecule has 112 valence electrons. The average molecular weight is 325 g/mol. The molecular weight excluding hydrogens is 310 g/mol. The van der Waals surface area contributed by atoms with Crippen LogP contribution in [-0.4, -0.2) is 21.5 Å². The van der Waals surface area contributed by atoms with Crippen LogP contribution in [-0.2, 0) is 21.3 Å². The topological polar surface area (TPSA) is 72.5 Å². The fourth-order valence-corrected chi connectivity index (χ4v) is 3.93. The molecule has 0 aliphatic carbocycles. The lowest BCUT2D eigenvalue weighted by Crippen LogP contribution is -2.25. The van der Waals surface area contributed by atoms with Gasteiger partial charge in [0.15, 0.2) is 0 Å². The largest absolute Gasteiger partial charge is 0.465 e. The number of esters is 1. The molecule has 21 heavy (non-hydrogen) atoms. The highest BCUT2D eigenvalue weighted by Crippen LogP contribution is 2.19. The molecule has 0 bridgehead atoms. The second-order valence-electron chi connectivity index (χ2n) is 4.34. The number of benzene rings is 1. The number of sulfonamides is 1. The maximum Gasteiger partial charge on any atom is 0.339 e. The van der Waals surface area contributed by atoms with Gasteiger partial charge >= 0.3 is 5.97 Å². The van der Waals surface area contributed by atoms with Crippen molar-refractivity contribution in [3.8, 4) is 0 Å². The van der Waals surface area contributed by atoms with E-state index >= 15 is 0 Å². The van der Waals surface area contributed by atoms with Crippen LogP contribution in [0.4, 0.5) is 0 Å². The van der Waals surface area contributed by atoms with Crippen molar-refractivity contribution in [1.82, 2.24) is 4.72 Å². The molecule has 0 fully saturated rings. The second kappa shape index (κ2) is 6.38. The standard InChI is InChI=1S/C14H15NO4S2/c1-10-7-8-20-12(10)9-15-21(17,18)13-6-4-3-5-11(13)14(16)19-2/h3-8,15H,9H2,1-2H3. The van der Waals surface area contributed by atoms with E-state index in [1.165, 1.54) is 30.6 Å². The molecule has 1 N–H and O–H groups in total. The third-order valence-corrected chi connectivity index (χ3v) is 5.46. The van der Waals surface area contributed by atoms with Gasteiger partial charge in [0, 0.05) is 11.4 Å². The Hall–Kier alpha value is -1.70. The van der Waals surface area contributed by atoms with E-state index in [0.29, 0.717) is 0 Å². The number of hydrogen-bond acceptors (Lipinski definition) is 5. The van der Waals surface area contributed by atoms with Crippen LogP contribution in [0.15, 0.2) is 40.6 Å². The van der Waals surface area contributed by atoms with Gasteiger partial charge in [0.1, 0.15) is 0 Å². The zero-order valence-electron chi connectivity index (χ0n) is 11.6. The first kappa shape index (κ1) is 15.7. The van der Waals surface area contributed by atoms with Crippen molar-refractivity contribution < 1.29 is 17.9 Å². The number of nitrogens with one attached hydrogen (secondary N) is 1. The van der Waals surface area contributed by atoms with E-state index in [1.807, 2.05) is 18.4 Å². The van der Waals surface area contributed by atoms with Crippen LogP contribution in [0.2, 0.25) is 0 Å². The fraction of sp³-hybridized carbons (Fsp3) is 0.214. The first-order valence-corrected chi connectivity index (χ1v) is 8.52. The summed E-state index contributed by atoms with van der Waals surface area (Å²) in [5, 5.41) is 1.90. The van der Waals surface area contributed by atoms with Gasteiger partial charge in [-0.25, -0.2) is 17.9 Å². The summed E-state index contributed by atoms with van der Waals surface area (Å²) in [6, 6.07) is 7.90. The van der Waals surface area contributed by atoms with E-state index in [1.54, 1.807) is 12.1 Å². The van der Waals surface area contributed by atoms with Gasteiger partial charge in [-0.05, 0) is 36.1 Å². The highest BCUT2D eigenvalue weighted by molar-refractivity contribution is 7.89. The number of rotatable bonds is 5. The lowest BCUT2D eigenvalue weighted by Gasteiger charge is -2.10. The van der Waals surface area contributed by atoms with Gasteiger partial charge in [0.2, 0.25) is 10.0 Å². The Morgan fingerprint density at radius 3 is 2.62 bits per heavy atom. The van der Waals surface area contributed by atoms with Gasteiger partial charge in [-0.1, -0.05) is 12.1 Å². The van der Waals surface area contributed by atoms with Crippen LogP contribution in [0.1, 0.15) is 20.8 Å². The number of carbonyl (C=O) groups is 1. The Balaban J connectivity index is 2.28. The summed E-state index contributed by atoms with van der Waals surface area (Å²) >= 11 is 1.48. The van der Waals surface area contributed by atoms with Crippen molar-refractivity contribution >= 4 is 27.3 Å². The van der Waals surface area contributed by atoms with Crippen molar-refractivity contribution in [3.05, 3.63) is 51.7 Å². The molecular formula is C14H15NO4S2. The highest BCUT2D eigenvalue weighted by atomic mass is 32.2. The zero-order chi connectivity index (χ0) is 15.5. The summed E-state index contributed by atoms with van der Waals surface area (Å²) in [5.74, 6) is -0.678. The maximum atomic E-state index is 12.4. The molecule has 0 amide bonds. The van der Waals surface area contributed by atoms with Crippen LogP contribution in [0.5, 0.6) is 0 Å². The van der Waals surface area contributed by atoms with Gasteiger partial charge in [0.25, 0.3) is 0 Å². The number of aryl methyl sites for hydroxylation is 1. The lowest BCUT2D eigenvalue weighted by molar-refractivity contribution is 0.0596. The third-order valence-electron chi connectivity index (χ3n) is 2.97. The molecule has 1 heterocycles. The number of hydrogen-bond donors (Lipinski definition) is 1. The normalized spacial score (nSPS) is 11.3. The monoisotopic (exact) mass is 325 g/mol. The number of carbonyl (C=O) groups excluding carboxylic acids is 1. The van der Waals surface area contributed by atoms with E-state index < -0.39 is 16.0 Å². The SMILES string of the molecule is COC(=O)c1ccccc1S(=O)(=O)NCc1sccc1C. The van der Waals surface area contributed by atoms with Crippen LogP contribution >= 0.6 is 11.3 Å². The molecule has 1 aromatic carbocycles. The van der Waals surface area contributed by atoms with Crippen molar-refractivity contribution in [2.45, 2.75) is 18.4 Å². The first-order valence-electron chi connectivity index (χ1n) is 6.15. The molecule has 1 aromatic heterocycles. The molecule has 0 saturated heterocycles. The zero-order valence-corrected chi connectivity index (χ0v) is 13.3. The molecule has 7 heteroatoms. The molecule has 0 spiro atoms. The van der Waals surface area contributed by atoms with Gasteiger partial charge in [-0.2, -0.15) is 0 Å². The fourth-order valence-electron chi connectivity index (χ4n) is 1.80. The average Bonchev–Trinajstić information content (AvgIpc) is 2.90. The third kappa shape index (κ3) is 3.49. The summed E-state index contributed by atoms with van der Waals surface area (Å²) in [4.78, 5) is 12.5. The summed E-state index contributed by atoms with van der Waals surface area (Å²) in [7, 11) is -2.57. The molecule has 0 aliphatic heterocycles. The molecule has 5 nitrogen and oxygen atoms in total. The minimum atomic E-state index is -3.78. The first-order chi connectivity index (χ1) is 9.95. The van der Waals surface area contributed by atoms with Crippen LogP contribution in [0.3, 0.4) is 0 Å². The predicted octanol–water partition coefficient (Wildman–Crippen LogP) is 2.32. The smallest absolute Gasteiger partial charge is 0.339 e. The maximum absolute atomic E-state index is 12.4. The Bertz CT molecular complexity index is 750. The molecule has 2 rings (SSSR count). The summed E-state index contributed by atoms with van der Waals surface area (Å²) in [6.07, 6.45) is 0. The van der Waals surface area contributed by atoms with Crippen molar-refractivity contribution in [2.24, 2.45) is 0 Å². The Labute approximate surface area is 127 Å². The van der Waals surface area contributed by atoms with Crippen LogP contribution in [0, 0.1) is 6.92 Å². The summed E-state index contributed by atoms with van der Waals surface area (Å²) in [6.45, 7) is 2.11. The van der Waals surface area contributed by atoms with E-state index in [2.05, 4.69) is 9.46 Å². The quantitative estimate of drug-likeness (QED) is 0.856. The summed E-state index contributed by atoms with van der Waals surface area (Å²) < 4.78 is 31.9. The van der Waals surface area contributed by atoms with Gasteiger partial charge < -0.3 is 4.74 Å². The van der Waals surface area contributed by atoms with Crippen molar-refractivity contribution in [2.75, 3.05) is 7.11 Å². The molecule has 0 atom stereocenters. The lowest BCUT2D eigenvalue weighted by atomic mass is 10.2. The number of thiophene rings is 1. The van der Waals surface area contributed by atoms with Gasteiger partial charge in [-0.15, -0.1) is 11.3 Å². The summed E-state index contributed by atoms with van der Waals surface area (Å²) in [5.41, 5.74) is 1.05. The Morgan fingerprint density at radius 1 is 1.29 bits per heavy atom. The number of methoxy groups -OCH3 is 1. The minimum Gasteiger partial charge on any atom is -0.465 e. The van der Waals surface area contributed by atoms with Crippen molar-refractivity contribution in [1.29, 1.82) is 0 Å². The van der Waals surface area contributed by atoms with E-state index in [0.717, 1.165) is 10.4 Å². The van der Waals surface area contributed by atoms with E-state index in [-0.39, 0.29) is 17.0 Å². The second-order valence-corrected chi connectivity index (χ2v) is 7.08. The van der Waals surface area contributed by atoms with Crippen molar-refractivity contribution in [3.63, 3.8) is 0 Å². The molecule has 0 radical (unpaired) electrons. The Morgan fingerprint density at radius 2 is 2.00 bits per heavy atom. The van der Waals surface area contributed by atoms with Crippen LogP contribution in [0.25, 0.3) is 0 Å². The minimum absolute atomic E-state index is 0.0235. The molecule has 0 saturated carbocycles. The Kier molecular flexibility index (Phi) is 4.76. The predicted molar refractivity (Wildman–Crippen MR) is 80.9 cm³/mol. The van der Waals surface area contributed by atoms with Crippen LogP contribution < -0.4 is 4.72 Å².